The van der Waals surface area contributed by atoms with Gasteiger partial charge in [0, 0.05) is 25.9 Å². The average Bonchev–Trinajstić information content (AvgIpc) is 3.10. The molecule has 1 heterocycles. The van der Waals surface area contributed by atoms with Crippen LogP contribution in [-0.4, -0.2) is 24.7 Å². The lowest BCUT2D eigenvalue weighted by Crippen LogP contribution is -2.34. The minimum atomic E-state index is 0.461. The summed E-state index contributed by atoms with van der Waals surface area (Å²) in [5, 5.41) is 4.17. The minimum absolute atomic E-state index is 0.461. The molecule has 1 fully saturated rings. The number of hydrogen-bond acceptors (Lipinski definition) is 3. The largest absolute Gasteiger partial charge is 0.383 e. The first-order valence-electron chi connectivity index (χ1n) is 5.62. The maximum Gasteiger partial charge on any atom is 0.0618 e. The molecule has 1 N–H and O–H groups in total. The highest BCUT2D eigenvalue weighted by molar-refractivity contribution is 6.30. The van der Waals surface area contributed by atoms with Gasteiger partial charge in [-0.15, -0.1) is 0 Å². The molecule has 1 aliphatic rings. The Kier molecular flexibility index (Phi) is 4.16. The summed E-state index contributed by atoms with van der Waals surface area (Å²) in [6, 6.07) is 4.28. The van der Waals surface area contributed by atoms with Crippen molar-refractivity contribution in [2.75, 3.05) is 13.7 Å². The van der Waals surface area contributed by atoms with E-state index in [1.165, 1.54) is 12.8 Å². The van der Waals surface area contributed by atoms with Gasteiger partial charge in [-0.2, -0.15) is 0 Å². The van der Waals surface area contributed by atoms with E-state index in [1.807, 2.05) is 12.1 Å². The third-order valence-corrected chi connectivity index (χ3v) is 3.09. The molecular weight excluding hydrogens is 224 g/mol. The molecule has 16 heavy (non-hydrogen) atoms. The Morgan fingerprint density at radius 3 is 2.94 bits per heavy atom. The summed E-state index contributed by atoms with van der Waals surface area (Å²) in [5.41, 5.74) is 1.02. The van der Waals surface area contributed by atoms with Crippen molar-refractivity contribution in [3.8, 4) is 0 Å². The van der Waals surface area contributed by atoms with E-state index in [-0.39, 0.29) is 0 Å². The molecule has 0 spiro atoms. The number of methoxy groups -OCH3 is 1. The normalized spacial score (nSPS) is 17.4. The zero-order valence-corrected chi connectivity index (χ0v) is 10.2. The van der Waals surface area contributed by atoms with Crippen molar-refractivity contribution in [1.82, 2.24) is 10.3 Å². The Bertz CT molecular complexity index is 324. The molecule has 1 aromatic heterocycles. The number of nitrogens with zero attached hydrogens (tertiary/aromatic N) is 1. The molecule has 3 nitrogen and oxygen atoms in total. The summed E-state index contributed by atoms with van der Waals surface area (Å²) >= 11 is 5.78. The van der Waals surface area contributed by atoms with E-state index in [2.05, 4.69) is 10.3 Å². The van der Waals surface area contributed by atoms with Crippen molar-refractivity contribution < 1.29 is 4.74 Å². The molecule has 0 saturated heterocycles. The van der Waals surface area contributed by atoms with Crippen LogP contribution in [0.25, 0.3) is 0 Å². The molecule has 0 amide bonds. The zero-order valence-electron chi connectivity index (χ0n) is 9.45. The average molecular weight is 241 g/mol. The van der Waals surface area contributed by atoms with Crippen LogP contribution < -0.4 is 5.32 Å². The highest BCUT2D eigenvalue weighted by Gasteiger charge is 2.30. The van der Waals surface area contributed by atoms with Gasteiger partial charge >= 0.3 is 0 Å². The Morgan fingerprint density at radius 2 is 2.38 bits per heavy atom. The Labute approximate surface area is 101 Å². The van der Waals surface area contributed by atoms with Crippen molar-refractivity contribution in [3.63, 3.8) is 0 Å². The second-order valence-electron chi connectivity index (χ2n) is 4.25. The van der Waals surface area contributed by atoms with E-state index >= 15 is 0 Å². The number of halogens is 1. The fraction of sp³-hybridized carbons (Fsp3) is 0.583. The van der Waals surface area contributed by atoms with Gasteiger partial charge in [-0.25, -0.2) is 0 Å². The van der Waals surface area contributed by atoms with Crippen LogP contribution in [0.5, 0.6) is 0 Å². The second kappa shape index (κ2) is 5.62. The summed E-state index contributed by atoms with van der Waals surface area (Å²) in [6.45, 7) is 1.56. The molecule has 0 aliphatic heterocycles. The van der Waals surface area contributed by atoms with Gasteiger partial charge in [0.25, 0.3) is 0 Å². The molecule has 1 aliphatic carbocycles. The number of rotatable bonds is 6. The van der Waals surface area contributed by atoms with Gasteiger partial charge in [0.2, 0.25) is 0 Å². The molecule has 1 unspecified atom stereocenters. The van der Waals surface area contributed by atoms with Gasteiger partial charge in [-0.05, 0) is 30.9 Å². The predicted octanol–water partition coefficient (Wildman–Crippen LogP) is 2.25. The smallest absolute Gasteiger partial charge is 0.0618 e. The Hall–Kier alpha value is -0.640. The van der Waals surface area contributed by atoms with E-state index in [0.29, 0.717) is 11.1 Å². The number of hydrogen-bond donors (Lipinski definition) is 1. The first-order chi connectivity index (χ1) is 7.79. The van der Waals surface area contributed by atoms with Crippen LogP contribution in [0.3, 0.4) is 0 Å². The summed E-state index contributed by atoms with van der Waals surface area (Å²) in [7, 11) is 1.75. The molecule has 1 atom stereocenters. The minimum Gasteiger partial charge on any atom is -0.383 e. The van der Waals surface area contributed by atoms with Crippen LogP contribution in [0.15, 0.2) is 18.3 Å². The molecule has 1 saturated carbocycles. The molecule has 0 bridgehead atoms. The lowest BCUT2D eigenvalue weighted by molar-refractivity contribution is 0.157. The summed E-state index contributed by atoms with van der Waals surface area (Å²) in [5.74, 6) is 0.784. The van der Waals surface area contributed by atoms with Gasteiger partial charge in [-0.3, -0.25) is 4.98 Å². The van der Waals surface area contributed by atoms with Gasteiger partial charge in [0.1, 0.15) is 0 Å². The van der Waals surface area contributed by atoms with E-state index in [9.17, 15) is 0 Å². The summed E-state index contributed by atoms with van der Waals surface area (Å²) < 4.78 is 5.21. The van der Waals surface area contributed by atoms with E-state index in [4.69, 9.17) is 16.3 Å². The number of ether oxygens (including phenoxy) is 1. The lowest BCUT2D eigenvalue weighted by atomic mass is 10.2. The van der Waals surface area contributed by atoms with E-state index < -0.39 is 0 Å². The van der Waals surface area contributed by atoms with E-state index in [0.717, 1.165) is 24.8 Å². The Morgan fingerprint density at radius 1 is 1.56 bits per heavy atom. The molecule has 0 radical (unpaired) electrons. The SMILES string of the molecule is COCC(NCc1ccc(Cl)cn1)C1CC1. The topological polar surface area (TPSA) is 34.1 Å². The number of nitrogens with one attached hydrogen (secondary N) is 1. The fourth-order valence-electron chi connectivity index (χ4n) is 1.79. The standard InChI is InChI=1S/C12H17ClN2O/c1-16-8-12(9-2-3-9)15-7-11-5-4-10(13)6-14-11/h4-6,9,12,15H,2-3,7-8H2,1H3. The molecule has 2 rings (SSSR count). The van der Waals surface area contributed by atoms with Crippen LogP contribution in [0, 0.1) is 5.92 Å². The highest BCUT2D eigenvalue weighted by Crippen LogP contribution is 2.32. The first-order valence-corrected chi connectivity index (χ1v) is 6.00. The van der Waals surface area contributed by atoms with Crippen molar-refractivity contribution in [1.29, 1.82) is 0 Å². The molecule has 0 aromatic carbocycles. The monoisotopic (exact) mass is 240 g/mol. The van der Waals surface area contributed by atoms with Crippen molar-refractivity contribution in [3.05, 3.63) is 29.0 Å². The lowest BCUT2D eigenvalue weighted by Gasteiger charge is -2.16. The van der Waals surface area contributed by atoms with Gasteiger partial charge in [0.15, 0.2) is 0 Å². The number of pyridine rings is 1. The Balaban J connectivity index is 1.82. The van der Waals surface area contributed by atoms with Crippen LogP contribution in [-0.2, 0) is 11.3 Å². The van der Waals surface area contributed by atoms with Crippen LogP contribution in [0.4, 0.5) is 0 Å². The zero-order chi connectivity index (χ0) is 11.4. The maximum atomic E-state index is 5.78. The quantitative estimate of drug-likeness (QED) is 0.828. The third kappa shape index (κ3) is 3.44. The van der Waals surface area contributed by atoms with Gasteiger partial charge < -0.3 is 10.1 Å². The molecule has 1 aromatic rings. The van der Waals surface area contributed by atoms with Crippen molar-refractivity contribution in [2.45, 2.75) is 25.4 Å². The third-order valence-electron chi connectivity index (χ3n) is 2.87. The van der Waals surface area contributed by atoms with Crippen LogP contribution in [0.1, 0.15) is 18.5 Å². The fourth-order valence-corrected chi connectivity index (χ4v) is 1.90. The molecule has 88 valence electrons. The van der Waals surface area contributed by atoms with Crippen LogP contribution in [0.2, 0.25) is 5.02 Å². The summed E-state index contributed by atoms with van der Waals surface area (Å²) in [6.07, 6.45) is 4.31. The number of aromatic nitrogens is 1. The first kappa shape index (κ1) is 11.8. The van der Waals surface area contributed by atoms with E-state index in [1.54, 1.807) is 13.3 Å². The van der Waals surface area contributed by atoms with Gasteiger partial charge in [-0.1, -0.05) is 11.6 Å². The predicted molar refractivity (Wildman–Crippen MR) is 64.5 cm³/mol. The van der Waals surface area contributed by atoms with Crippen molar-refractivity contribution >= 4 is 11.6 Å². The summed E-state index contributed by atoms with van der Waals surface area (Å²) in [4.78, 5) is 4.25. The molecular formula is C12H17ClN2O. The molecule has 4 heteroatoms. The van der Waals surface area contributed by atoms with Crippen LogP contribution >= 0.6 is 11.6 Å². The second-order valence-corrected chi connectivity index (χ2v) is 4.68. The van der Waals surface area contributed by atoms with Gasteiger partial charge in [0.05, 0.1) is 17.3 Å². The highest BCUT2D eigenvalue weighted by atomic mass is 35.5. The maximum absolute atomic E-state index is 5.78. The van der Waals surface area contributed by atoms with Crippen molar-refractivity contribution in [2.24, 2.45) is 5.92 Å².